The molecule has 0 aromatic carbocycles. The number of aromatic nitrogens is 1. The minimum atomic E-state index is -0.199. The fourth-order valence-electron chi connectivity index (χ4n) is 2.04. The molecule has 1 aliphatic carbocycles. The van der Waals surface area contributed by atoms with Crippen molar-refractivity contribution in [3.8, 4) is 0 Å². The number of methoxy groups -OCH3 is 1. The van der Waals surface area contributed by atoms with Gasteiger partial charge in [0.05, 0.1) is 12.7 Å². The largest absolute Gasteiger partial charge is 0.492 e. The Kier molecular flexibility index (Phi) is 2.42. The van der Waals surface area contributed by atoms with Crippen LogP contribution in [0.1, 0.15) is 33.3 Å². The number of ketones is 2. The number of nitrogens with zero attached hydrogens (tertiary/aromatic N) is 1. The molecule has 0 amide bonds. The van der Waals surface area contributed by atoms with Gasteiger partial charge in [-0.2, -0.15) is 0 Å². The van der Waals surface area contributed by atoms with Crippen LogP contribution < -0.4 is 0 Å². The van der Waals surface area contributed by atoms with E-state index in [0.717, 1.165) is 12.0 Å². The average Bonchev–Trinajstić information content (AvgIpc) is 2.61. The van der Waals surface area contributed by atoms with E-state index in [1.165, 1.54) is 13.2 Å². The third-order valence-electron chi connectivity index (χ3n) is 2.81. The molecule has 0 unspecified atom stereocenters. The SMILES string of the molecule is CCc1cn(C)c2c1C(=O)C(OC)=CC2=O. The second-order valence-corrected chi connectivity index (χ2v) is 3.75. The van der Waals surface area contributed by atoms with Crippen molar-refractivity contribution < 1.29 is 14.3 Å². The summed E-state index contributed by atoms with van der Waals surface area (Å²) >= 11 is 0. The van der Waals surface area contributed by atoms with Gasteiger partial charge in [-0.1, -0.05) is 6.92 Å². The van der Waals surface area contributed by atoms with Gasteiger partial charge in [0.25, 0.3) is 0 Å². The lowest BCUT2D eigenvalue weighted by Gasteiger charge is -2.12. The topological polar surface area (TPSA) is 48.3 Å². The maximum absolute atomic E-state index is 12.0. The van der Waals surface area contributed by atoms with Crippen LogP contribution in [0.3, 0.4) is 0 Å². The fourth-order valence-corrected chi connectivity index (χ4v) is 2.04. The predicted octanol–water partition coefficient (Wildman–Crippen LogP) is 1.50. The van der Waals surface area contributed by atoms with Gasteiger partial charge in [-0.25, -0.2) is 0 Å². The summed E-state index contributed by atoms with van der Waals surface area (Å²) < 4.78 is 6.63. The van der Waals surface area contributed by atoms with E-state index in [2.05, 4.69) is 0 Å². The van der Waals surface area contributed by atoms with E-state index in [4.69, 9.17) is 4.74 Å². The third-order valence-corrected chi connectivity index (χ3v) is 2.81. The summed E-state index contributed by atoms with van der Waals surface area (Å²) in [7, 11) is 3.17. The van der Waals surface area contributed by atoms with Crippen molar-refractivity contribution in [2.45, 2.75) is 13.3 Å². The van der Waals surface area contributed by atoms with Crippen molar-refractivity contribution in [3.63, 3.8) is 0 Å². The van der Waals surface area contributed by atoms with E-state index in [0.29, 0.717) is 11.3 Å². The van der Waals surface area contributed by atoms with E-state index in [1.807, 2.05) is 13.1 Å². The normalized spacial score (nSPS) is 14.8. The Morgan fingerprint density at radius 1 is 1.38 bits per heavy atom. The molecule has 0 bridgehead atoms. The zero-order chi connectivity index (χ0) is 11.9. The average molecular weight is 219 g/mol. The van der Waals surface area contributed by atoms with Crippen LogP contribution in [0, 0.1) is 0 Å². The lowest BCUT2D eigenvalue weighted by atomic mass is 9.96. The Hall–Kier alpha value is -1.84. The number of carbonyl (C=O) groups excluding carboxylic acids is 2. The highest BCUT2D eigenvalue weighted by Crippen LogP contribution is 2.26. The highest BCUT2D eigenvalue weighted by Gasteiger charge is 2.31. The Labute approximate surface area is 93.5 Å². The minimum Gasteiger partial charge on any atom is -0.492 e. The summed E-state index contributed by atoms with van der Waals surface area (Å²) in [5, 5.41) is 0. The number of hydrogen-bond acceptors (Lipinski definition) is 3. The summed E-state index contributed by atoms with van der Waals surface area (Å²) in [6.07, 6.45) is 3.80. The van der Waals surface area contributed by atoms with E-state index >= 15 is 0 Å². The van der Waals surface area contributed by atoms with E-state index in [-0.39, 0.29) is 17.3 Å². The van der Waals surface area contributed by atoms with Crippen LogP contribution in [-0.2, 0) is 18.2 Å². The van der Waals surface area contributed by atoms with Gasteiger partial charge in [0.2, 0.25) is 11.6 Å². The Morgan fingerprint density at radius 3 is 2.62 bits per heavy atom. The summed E-state index contributed by atoms with van der Waals surface area (Å²) in [5.74, 6) is -0.249. The van der Waals surface area contributed by atoms with E-state index in [9.17, 15) is 9.59 Å². The molecule has 1 aromatic rings. The lowest BCUT2D eigenvalue weighted by Crippen LogP contribution is -2.19. The molecule has 4 heteroatoms. The molecule has 84 valence electrons. The second kappa shape index (κ2) is 3.63. The van der Waals surface area contributed by atoms with Gasteiger partial charge < -0.3 is 9.30 Å². The number of rotatable bonds is 2. The Bertz CT molecular complexity index is 509. The van der Waals surface area contributed by atoms with Crippen molar-refractivity contribution in [2.24, 2.45) is 7.05 Å². The first kappa shape index (κ1) is 10.7. The summed E-state index contributed by atoms with van der Waals surface area (Å²) in [4.78, 5) is 23.8. The van der Waals surface area contributed by atoms with Crippen LogP contribution in [0.5, 0.6) is 0 Å². The van der Waals surface area contributed by atoms with Crippen molar-refractivity contribution in [1.29, 1.82) is 0 Å². The molecule has 0 saturated carbocycles. The van der Waals surface area contributed by atoms with Gasteiger partial charge in [-0.3, -0.25) is 9.59 Å². The molecule has 0 aliphatic heterocycles. The number of carbonyl (C=O) groups is 2. The highest BCUT2D eigenvalue weighted by atomic mass is 16.5. The minimum absolute atomic E-state index is 0.124. The van der Waals surface area contributed by atoms with E-state index < -0.39 is 0 Å². The maximum Gasteiger partial charge on any atom is 0.230 e. The van der Waals surface area contributed by atoms with Crippen LogP contribution in [0.4, 0.5) is 0 Å². The van der Waals surface area contributed by atoms with Gasteiger partial charge in [0.1, 0.15) is 5.69 Å². The molecule has 0 saturated heterocycles. The van der Waals surface area contributed by atoms with Crippen molar-refractivity contribution in [3.05, 3.63) is 34.9 Å². The molecule has 0 atom stereocenters. The standard InChI is InChI=1S/C12H13NO3/c1-4-7-6-13(2)11-8(14)5-9(16-3)12(15)10(7)11/h5-6H,4H2,1-3H3. The fraction of sp³-hybridized carbons (Fsp3) is 0.333. The van der Waals surface area contributed by atoms with Crippen molar-refractivity contribution in [1.82, 2.24) is 4.57 Å². The maximum atomic E-state index is 12.0. The Morgan fingerprint density at radius 2 is 2.06 bits per heavy atom. The van der Waals surface area contributed by atoms with Gasteiger partial charge in [-0.15, -0.1) is 0 Å². The van der Waals surface area contributed by atoms with Gasteiger partial charge in [0.15, 0.2) is 5.76 Å². The number of hydrogen-bond donors (Lipinski definition) is 0. The van der Waals surface area contributed by atoms with Crippen LogP contribution in [0.2, 0.25) is 0 Å². The van der Waals surface area contributed by atoms with E-state index in [1.54, 1.807) is 11.6 Å². The number of ether oxygens (including phenoxy) is 1. The number of Topliss-reactive ketones (excluding diaryl/α,β-unsaturated/α-hetero) is 1. The van der Waals surface area contributed by atoms with Crippen molar-refractivity contribution in [2.75, 3.05) is 7.11 Å². The molecule has 1 aromatic heterocycles. The molecule has 4 nitrogen and oxygen atoms in total. The Balaban J connectivity index is 2.68. The zero-order valence-electron chi connectivity index (χ0n) is 9.53. The summed E-state index contributed by atoms with van der Waals surface area (Å²) in [5.41, 5.74) is 1.84. The highest BCUT2D eigenvalue weighted by molar-refractivity contribution is 6.23. The zero-order valence-corrected chi connectivity index (χ0v) is 9.53. The molecule has 16 heavy (non-hydrogen) atoms. The molecular weight excluding hydrogens is 206 g/mol. The third kappa shape index (κ3) is 1.30. The molecule has 1 aliphatic rings. The smallest absolute Gasteiger partial charge is 0.230 e. The van der Waals surface area contributed by atoms with Gasteiger partial charge >= 0.3 is 0 Å². The first-order valence-corrected chi connectivity index (χ1v) is 5.13. The molecule has 0 N–H and O–H groups in total. The van der Waals surface area contributed by atoms with Gasteiger partial charge in [0, 0.05) is 19.3 Å². The van der Waals surface area contributed by atoms with Crippen molar-refractivity contribution >= 4 is 11.6 Å². The molecule has 2 rings (SSSR count). The molecule has 0 spiro atoms. The molecule has 1 heterocycles. The molecule has 0 radical (unpaired) electrons. The monoisotopic (exact) mass is 219 g/mol. The lowest BCUT2D eigenvalue weighted by molar-refractivity contribution is 0.0913. The number of aryl methyl sites for hydroxylation is 2. The first-order valence-electron chi connectivity index (χ1n) is 5.13. The van der Waals surface area contributed by atoms with Crippen LogP contribution >= 0.6 is 0 Å². The quantitative estimate of drug-likeness (QED) is 0.757. The molecular formula is C12H13NO3. The van der Waals surface area contributed by atoms with Gasteiger partial charge in [-0.05, 0) is 12.0 Å². The summed E-state index contributed by atoms with van der Waals surface area (Å²) in [6, 6.07) is 0. The second-order valence-electron chi connectivity index (χ2n) is 3.75. The predicted molar refractivity (Wildman–Crippen MR) is 58.5 cm³/mol. The number of fused-ring (bicyclic) bond motifs is 1. The first-order chi connectivity index (χ1) is 7.60. The summed E-state index contributed by atoms with van der Waals surface area (Å²) in [6.45, 7) is 1.96. The van der Waals surface area contributed by atoms with Crippen LogP contribution in [0.25, 0.3) is 0 Å². The van der Waals surface area contributed by atoms with Crippen LogP contribution in [0.15, 0.2) is 18.0 Å². The van der Waals surface area contributed by atoms with Crippen LogP contribution in [-0.4, -0.2) is 23.2 Å². The number of allylic oxidation sites excluding steroid dienone is 2. The molecule has 0 fully saturated rings.